The highest BCUT2D eigenvalue weighted by molar-refractivity contribution is 7.07. The van der Waals surface area contributed by atoms with Crippen LogP contribution < -0.4 is 35.3 Å². The lowest BCUT2D eigenvalue weighted by Crippen LogP contribution is -2.42. The Bertz CT molecular complexity index is 1870. The van der Waals surface area contributed by atoms with E-state index in [0.29, 0.717) is 31.9 Å². The third kappa shape index (κ3) is 5.44. The number of methoxy groups -OCH3 is 2. The van der Waals surface area contributed by atoms with Gasteiger partial charge >= 0.3 is 5.97 Å². The SMILES string of the molecule is CCOC(=O)C1=C(N)n2c(s/c(=C/c3cccc(OC)c3)c2=O)=C(C(=O)Nc2ccccc2)C1c1cccc(OC)c1. The lowest BCUT2D eigenvalue weighted by molar-refractivity contribution is -0.138. The van der Waals surface area contributed by atoms with Crippen LogP contribution >= 0.6 is 11.3 Å². The summed E-state index contributed by atoms with van der Waals surface area (Å²) in [5, 5.41) is 2.92. The van der Waals surface area contributed by atoms with Crippen molar-refractivity contribution in [3.05, 3.63) is 115 Å². The molecule has 1 aliphatic heterocycles. The summed E-state index contributed by atoms with van der Waals surface area (Å²) in [5.41, 5.74) is 8.17. The fourth-order valence-electron chi connectivity index (χ4n) is 4.83. The van der Waals surface area contributed by atoms with Gasteiger partial charge in [-0.05, 0) is 60.5 Å². The van der Waals surface area contributed by atoms with Crippen molar-refractivity contribution in [1.29, 1.82) is 0 Å². The van der Waals surface area contributed by atoms with Gasteiger partial charge in [0.05, 0.1) is 42.4 Å². The zero-order valence-corrected chi connectivity index (χ0v) is 24.1. The molecule has 10 heteroatoms. The molecule has 214 valence electrons. The number of nitrogens with one attached hydrogen (secondary N) is 1. The Morgan fingerprint density at radius 2 is 1.64 bits per heavy atom. The molecule has 1 aliphatic rings. The molecule has 4 aromatic rings. The Balaban J connectivity index is 1.85. The maximum Gasteiger partial charge on any atom is 0.338 e. The fraction of sp³-hybridized carbons (Fsp3) is 0.156. The van der Waals surface area contributed by atoms with E-state index in [-0.39, 0.29) is 23.6 Å². The normalized spacial score (nSPS) is 14.8. The van der Waals surface area contributed by atoms with Gasteiger partial charge in [0.15, 0.2) is 0 Å². The van der Waals surface area contributed by atoms with Gasteiger partial charge in [-0.25, -0.2) is 4.79 Å². The number of aromatic nitrogens is 1. The zero-order chi connectivity index (χ0) is 29.8. The third-order valence-electron chi connectivity index (χ3n) is 6.74. The van der Waals surface area contributed by atoms with Gasteiger partial charge in [-0.3, -0.25) is 14.2 Å². The number of carbonyl (C=O) groups is 2. The maximum absolute atomic E-state index is 14.1. The van der Waals surface area contributed by atoms with Crippen LogP contribution in [0.3, 0.4) is 0 Å². The van der Waals surface area contributed by atoms with Crippen molar-refractivity contribution >= 4 is 46.4 Å². The van der Waals surface area contributed by atoms with Crippen LogP contribution in [0.4, 0.5) is 5.69 Å². The summed E-state index contributed by atoms with van der Waals surface area (Å²) in [5.74, 6) is -1.12. The van der Waals surface area contributed by atoms with Gasteiger partial charge in [-0.2, -0.15) is 0 Å². The summed E-state index contributed by atoms with van der Waals surface area (Å²) < 4.78 is 18.0. The summed E-state index contributed by atoms with van der Waals surface area (Å²) >= 11 is 1.12. The van der Waals surface area contributed by atoms with Crippen molar-refractivity contribution in [3.63, 3.8) is 0 Å². The number of para-hydroxylation sites is 1. The Morgan fingerprint density at radius 3 is 2.33 bits per heavy atom. The molecule has 5 rings (SSSR count). The van der Waals surface area contributed by atoms with Crippen molar-refractivity contribution in [1.82, 2.24) is 4.57 Å². The number of thiazole rings is 1. The summed E-state index contributed by atoms with van der Waals surface area (Å²) in [4.78, 5) is 41.5. The average Bonchev–Trinajstić information content (AvgIpc) is 3.32. The van der Waals surface area contributed by atoms with E-state index in [1.54, 1.807) is 80.8 Å². The first-order valence-electron chi connectivity index (χ1n) is 13.2. The first kappa shape index (κ1) is 28.4. The molecule has 0 saturated carbocycles. The number of carbonyl (C=O) groups excluding carboxylic acids is 2. The van der Waals surface area contributed by atoms with Crippen LogP contribution in [-0.2, 0) is 14.3 Å². The van der Waals surface area contributed by atoms with Crippen LogP contribution in [0.5, 0.6) is 11.5 Å². The molecule has 1 atom stereocenters. The molecular formula is C32H29N3O6S. The van der Waals surface area contributed by atoms with Crippen LogP contribution in [0, 0.1) is 0 Å². The van der Waals surface area contributed by atoms with Crippen molar-refractivity contribution in [2.75, 3.05) is 26.1 Å². The second-order valence-corrected chi connectivity index (χ2v) is 10.3. The Hall–Kier alpha value is -5.09. The molecule has 3 N–H and O–H groups in total. The van der Waals surface area contributed by atoms with Gasteiger partial charge in [-0.15, -0.1) is 11.3 Å². The molecule has 9 nitrogen and oxygen atoms in total. The van der Waals surface area contributed by atoms with Crippen LogP contribution in [0.1, 0.15) is 24.0 Å². The van der Waals surface area contributed by atoms with Crippen molar-refractivity contribution in [2.24, 2.45) is 5.73 Å². The van der Waals surface area contributed by atoms with E-state index in [1.165, 1.54) is 11.7 Å². The number of fused-ring (bicyclic) bond motifs is 1. The molecule has 1 aromatic heterocycles. The summed E-state index contributed by atoms with van der Waals surface area (Å²) in [7, 11) is 3.09. The number of anilines is 1. The first-order chi connectivity index (χ1) is 20.4. The Morgan fingerprint density at radius 1 is 0.952 bits per heavy atom. The molecular weight excluding hydrogens is 554 g/mol. The fourth-order valence-corrected chi connectivity index (χ4v) is 6.01. The van der Waals surface area contributed by atoms with Gasteiger partial charge in [0.2, 0.25) is 0 Å². The lowest BCUT2D eigenvalue weighted by atomic mass is 9.82. The second kappa shape index (κ2) is 12.2. The van der Waals surface area contributed by atoms with E-state index in [0.717, 1.165) is 16.9 Å². The van der Waals surface area contributed by atoms with Crippen LogP contribution in [0.15, 0.2) is 89.2 Å². The van der Waals surface area contributed by atoms with E-state index in [4.69, 9.17) is 19.9 Å². The third-order valence-corrected chi connectivity index (χ3v) is 7.85. The Kier molecular flexibility index (Phi) is 8.26. The summed E-state index contributed by atoms with van der Waals surface area (Å²) in [6.07, 6.45) is 1.70. The molecule has 0 radical (unpaired) electrons. The van der Waals surface area contributed by atoms with E-state index in [9.17, 15) is 14.4 Å². The number of ether oxygens (including phenoxy) is 3. The minimum Gasteiger partial charge on any atom is -0.497 e. The molecule has 0 fully saturated rings. The number of hydrogen-bond acceptors (Lipinski definition) is 8. The topological polar surface area (TPSA) is 122 Å². The number of nitrogens with two attached hydrogens (primary N) is 1. The predicted molar refractivity (Wildman–Crippen MR) is 163 cm³/mol. The minimum absolute atomic E-state index is 0.0105. The van der Waals surface area contributed by atoms with Gasteiger partial charge in [0, 0.05) is 5.69 Å². The molecule has 0 bridgehead atoms. The highest BCUT2D eigenvalue weighted by Crippen LogP contribution is 2.38. The molecule has 0 spiro atoms. The summed E-state index contributed by atoms with van der Waals surface area (Å²) in [6, 6.07) is 23.2. The van der Waals surface area contributed by atoms with Crippen LogP contribution in [0.25, 0.3) is 17.5 Å². The van der Waals surface area contributed by atoms with E-state index in [2.05, 4.69) is 5.32 Å². The van der Waals surface area contributed by atoms with Gasteiger partial charge in [0.25, 0.3) is 11.5 Å². The van der Waals surface area contributed by atoms with Crippen LogP contribution in [-0.4, -0.2) is 37.3 Å². The highest BCUT2D eigenvalue weighted by Gasteiger charge is 2.39. The Labute approximate surface area is 245 Å². The molecule has 2 heterocycles. The quantitative estimate of drug-likeness (QED) is 0.306. The zero-order valence-electron chi connectivity index (χ0n) is 23.2. The number of amides is 1. The molecule has 3 aromatic carbocycles. The van der Waals surface area contributed by atoms with Crippen molar-refractivity contribution in [2.45, 2.75) is 12.8 Å². The number of rotatable bonds is 8. The standard InChI is InChI=1S/C32H29N3O6S/c1-4-41-32(38)26-25(20-11-9-15-23(18-20)40-3)27(29(36)34-21-12-6-5-7-13-21)31-35(28(26)33)30(37)24(42-31)17-19-10-8-14-22(16-19)39-2/h5-18,25H,4,33H2,1-3H3,(H,34,36)/b24-17+. The monoisotopic (exact) mass is 583 g/mol. The maximum atomic E-state index is 14.1. The van der Waals surface area contributed by atoms with Gasteiger partial charge in [0.1, 0.15) is 22.0 Å². The van der Waals surface area contributed by atoms with Gasteiger partial charge < -0.3 is 25.3 Å². The first-order valence-corrected chi connectivity index (χ1v) is 14.0. The highest BCUT2D eigenvalue weighted by atomic mass is 32.1. The smallest absolute Gasteiger partial charge is 0.338 e. The van der Waals surface area contributed by atoms with E-state index in [1.807, 2.05) is 18.2 Å². The van der Waals surface area contributed by atoms with Gasteiger partial charge in [-0.1, -0.05) is 42.5 Å². The van der Waals surface area contributed by atoms with E-state index < -0.39 is 23.4 Å². The molecule has 1 unspecified atom stereocenters. The number of hydrogen-bond donors (Lipinski definition) is 2. The second-order valence-electron chi connectivity index (χ2n) is 9.30. The number of nitrogens with zero attached hydrogens (tertiary/aromatic N) is 1. The van der Waals surface area contributed by atoms with E-state index >= 15 is 0 Å². The lowest BCUT2D eigenvalue weighted by Gasteiger charge is -2.27. The summed E-state index contributed by atoms with van der Waals surface area (Å²) in [6.45, 7) is 1.75. The largest absolute Gasteiger partial charge is 0.497 e. The predicted octanol–water partition coefficient (Wildman–Crippen LogP) is 3.03. The van der Waals surface area contributed by atoms with Crippen molar-refractivity contribution in [3.8, 4) is 11.5 Å². The number of benzene rings is 3. The van der Waals surface area contributed by atoms with Crippen LogP contribution in [0.2, 0.25) is 0 Å². The molecule has 1 amide bonds. The number of esters is 1. The molecule has 0 saturated heterocycles. The molecule has 0 aliphatic carbocycles. The van der Waals surface area contributed by atoms with Crippen molar-refractivity contribution < 1.29 is 23.8 Å². The average molecular weight is 584 g/mol. The minimum atomic E-state index is -0.953. The molecule has 42 heavy (non-hydrogen) atoms.